The SMILES string of the molecule is CCOc1ccc(S(=O)(=O)N[C@@H](Cc2ccccc2)C(=O)Nc2cccc(Cl)c2Cl)cc1C. The summed E-state index contributed by atoms with van der Waals surface area (Å²) in [4.78, 5) is 13.2. The summed E-state index contributed by atoms with van der Waals surface area (Å²) in [5.74, 6) is 0.0416. The van der Waals surface area contributed by atoms with Crippen LogP contribution in [0.2, 0.25) is 10.0 Å². The lowest BCUT2D eigenvalue weighted by molar-refractivity contribution is -0.117. The van der Waals surface area contributed by atoms with Crippen LogP contribution < -0.4 is 14.8 Å². The molecule has 1 atom stereocenters. The zero-order chi connectivity index (χ0) is 24.0. The third kappa shape index (κ3) is 6.48. The van der Waals surface area contributed by atoms with E-state index in [4.69, 9.17) is 27.9 Å². The molecule has 0 spiro atoms. The zero-order valence-electron chi connectivity index (χ0n) is 18.1. The minimum Gasteiger partial charge on any atom is -0.494 e. The molecule has 9 heteroatoms. The van der Waals surface area contributed by atoms with Gasteiger partial charge in [-0.1, -0.05) is 59.6 Å². The molecule has 0 radical (unpaired) electrons. The minimum absolute atomic E-state index is 0.0371. The quantitative estimate of drug-likeness (QED) is 0.416. The maximum atomic E-state index is 13.2. The Bertz CT molecular complexity index is 1230. The van der Waals surface area contributed by atoms with E-state index in [0.717, 1.165) is 5.56 Å². The van der Waals surface area contributed by atoms with E-state index in [9.17, 15) is 13.2 Å². The van der Waals surface area contributed by atoms with Crippen molar-refractivity contribution in [2.75, 3.05) is 11.9 Å². The van der Waals surface area contributed by atoms with Crippen molar-refractivity contribution < 1.29 is 17.9 Å². The van der Waals surface area contributed by atoms with E-state index in [2.05, 4.69) is 10.0 Å². The summed E-state index contributed by atoms with van der Waals surface area (Å²) in [6.07, 6.45) is 0.139. The molecule has 1 amide bonds. The Morgan fingerprint density at radius 2 is 1.76 bits per heavy atom. The number of amides is 1. The number of aryl methyl sites for hydroxylation is 1. The molecule has 174 valence electrons. The first-order valence-electron chi connectivity index (χ1n) is 10.3. The van der Waals surface area contributed by atoms with Crippen molar-refractivity contribution in [1.82, 2.24) is 4.72 Å². The van der Waals surface area contributed by atoms with Gasteiger partial charge in [-0.2, -0.15) is 4.72 Å². The van der Waals surface area contributed by atoms with Gasteiger partial charge in [0.25, 0.3) is 0 Å². The predicted octanol–water partition coefficient (Wildman–Crippen LogP) is 5.23. The van der Waals surface area contributed by atoms with Crippen molar-refractivity contribution in [3.05, 3.63) is 87.9 Å². The Kier molecular flexibility index (Phi) is 8.37. The van der Waals surface area contributed by atoms with Crippen LogP contribution in [0.1, 0.15) is 18.1 Å². The Morgan fingerprint density at radius 1 is 1.03 bits per heavy atom. The van der Waals surface area contributed by atoms with Crippen molar-refractivity contribution in [2.24, 2.45) is 0 Å². The lowest BCUT2D eigenvalue weighted by Gasteiger charge is -2.20. The number of sulfonamides is 1. The molecule has 0 saturated carbocycles. The van der Waals surface area contributed by atoms with E-state index >= 15 is 0 Å². The average molecular weight is 507 g/mol. The smallest absolute Gasteiger partial charge is 0.242 e. The summed E-state index contributed by atoms with van der Waals surface area (Å²) in [6.45, 7) is 4.08. The topological polar surface area (TPSA) is 84.5 Å². The lowest BCUT2D eigenvalue weighted by atomic mass is 10.1. The maximum absolute atomic E-state index is 13.2. The zero-order valence-corrected chi connectivity index (χ0v) is 20.5. The number of anilines is 1. The summed E-state index contributed by atoms with van der Waals surface area (Å²) < 4.78 is 34.3. The van der Waals surface area contributed by atoms with Crippen LogP contribution in [0.25, 0.3) is 0 Å². The molecule has 3 aromatic rings. The second-order valence-corrected chi connectivity index (χ2v) is 9.81. The van der Waals surface area contributed by atoms with Gasteiger partial charge in [0.1, 0.15) is 11.8 Å². The molecule has 3 aromatic carbocycles. The van der Waals surface area contributed by atoms with Crippen molar-refractivity contribution in [1.29, 1.82) is 0 Å². The number of rotatable bonds is 9. The lowest BCUT2D eigenvalue weighted by Crippen LogP contribution is -2.45. The summed E-state index contributed by atoms with van der Waals surface area (Å²) >= 11 is 12.2. The minimum atomic E-state index is -4.01. The molecule has 0 aliphatic heterocycles. The summed E-state index contributed by atoms with van der Waals surface area (Å²) in [6, 6.07) is 17.4. The fourth-order valence-corrected chi connectivity index (χ4v) is 4.85. The molecule has 0 fully saturated rings. The fraction of sp³-hybridized carbons (Fsp3) is 0.208. The van der Waals surface area contributed by atoms with E-state index in [1.54, 1.807) is 31.2 Å². The molecule has 6 nitrogen and oxygen atoms in total. The Hall–Kier alpha value is -2.58. The molecule has 33 heavy (non-hydrogen) atoms. The molecule has 0 bridgehead atoms. The van der Waals surface area contributed by atoms with Gasteiger partial charge in [0.2, 0.25) is 15.9 Å². The van der Waals surface area contributed by atoms with Gasteiger partial charge < -0.3 is 10.1 Å². The number of hydrogen-bond donors (Lipinski definition) is 2. The number of nitrogens with one attached hydrogen (secondary N) is 2. The highest BCUT2D eigenvalue weighted by atomic mass is 35.5. The first kappa shape index (κ1) is 25.1. The van der Waals surface area contributed by atoms with Gasteiger partial charge in [0.15, 0.2) is 0 Å². The second kappa shape index (κ2) is 11.0. The normalized spacial score (nSPS) is 12.2. The maximum Gasteiger partial charge on any atom is 0.242 e. The number of carbonyl (C=O) groups excluding carboxylic acids is 1. The molecule has 0 unspecified atom stereocenters. The molecule has 0 aliphatic carbocycles. The molecular weight excluding hydrogens is 483 g/mol. The standard InChI is InChI=1S/C24H24Cl2N2O4S/c1-3-32-22-13-12-18(14-16(22)2)33(30,31)28-21(15-17-8-5-4-6-9-17)24(29)27-20-11-7-10-19(25)23(20)26/h4-14,21,28H,3,15H2,1-2H3,(H,27,29)/t21-/m0/s1. The van der Waals surface area contributed by atoms with Crippen LogP contribution in [-0.2, 0) is 21.2 Å². The van der Waals surface area contributed by atoms with Crippen LogP contribution in [-0.4, -0.2) is 27.0 Å². The van der Waals surface area contributed by atoms with E-state index in [1.807, 2.05) is 37.3 Å². The Balaban J connectivity index is 1.89. The van der Waals surface area contributed by atoms with Gasteiger partial charge in [-0.3, -0.25) is 4.79 Å². The van der Waals surface area contributed by atoms with E-state index in [1.165, 1.54) is 12.1 Å². The number of ether oxygens (including phenoxy) is 1. The highest BCUT2D eigenvalue weighted by molar-refractivity contribution is 7.89. The van der Waals surface area contributed by atoms with Crippen LogP contribution in [0.5, 0.6) is 5.75 Å². The fourth-order valence-electron chi connectivity index (χ4n) is 3.22. The monoisotopic (exact) mass is 506 g/mol. The van der Waals surface area contributed by atoms with Gasteiger partial charge in [0.05, 0.1) is 27.2 Å². The average Bonchev–Trinajstić information content (AvgIpc) is 2.78. The van der Waals surface area contributed by atoms with Gasteiger partial charge in [-0.25, -0.2) is 8.42 Å². The number of hydrogen-bond acceptors (Lipinski definition) is 4. The summed E-state index contributed by atoms with van der Waals surface area (Å²) in [7, 11) is -4.01. The van der Waals surface area contributed by atoms with Gasteiger partial charge >= 0.3 is 0 Å². The van der Waals surface area contributed by atoms with Gasteiger partial charge in [-0.05, 0) is 61.7 Å². The molecule has 0 aromatic heterocycles. The van der Waals surface area contributed by atoms with Crippen LogP contribution in [0, 0.1) is 6.92 Å². The highest BCUT2D eigenvalue weighted by Gasteiger charge is 2.27. The van der Waals surface area contributed by atoms with Crippen molar-refractivity contribution in [3.63, 3.8) is 0 Å². The van der Waals surface area contributed by atoms with Crippen molar-refractivity contribution in [2.45, 2.75) is 31.2 Å². The predicted molar refractivity (Wildman–Crippen MR) is 132 cm³/mol. The summed E-state index contributed by atoms with van der Waals surface area (Å²) in [5.41, 5.74) is 1.76. The Morgan fingerprint density at radius 3 is 2.42 bits per heavy atom. The first-order valence-corrected chi connectivity index (χ1v) is 12.5. The summed E-state index contributed by atoms with van der Waals surface area (Å²) in [5, 5.41) is 3.13. The third-order valence-electron chi connectivity index (χ3n) is 4.86. The van der Waals surface area contributed by atoms with Crippen LogP contribution in [0.15, 0.2) is 71.6 Å². The van der Waals surface area contributed by atoms with E-state index < -0.39 is 22.0 Å². The molecule has 3 rings (SSSR count). The molecule has 0 heterocycles. The molecular formula is C24H24Cl2N2O4S. The molecule has 0 aliphatic rings. The number of benzene rings is 3. The number of halogens is 2. The second-order valence-electron chi connectivity index (χ2n) is 7.31. The highest BCUT2D eigenvalue weighted by Crippen LogP contribution is 2.30. The van der Waals surface area contributed by atoms with E-state index in [0.29, 0.717) is 23.6 Å². The Labute approximate surface area is 203 Å². The third-order valence-corrected chi connectivity index (χ3v) is 7.15. The largest absolute Gasteiger partial charge is 0.494 e. The van der Waals surface area contributed by atoms with Crippen molar-refractivity contribution >= 4 is 44.8 Å². The van der Waals surface area contributed by atoms with Gasteiger partial charge in [0, 0.05) is 0 Å². The van der Waals surface area contributed by atoms with Crippen LogP contribution in [0.3, 0.4) is 0 Å². The van der Waals surface area contributed by atoms with E-state index in [-0.39, 0.29) is 21.4 Å². The van der Waals surface area contributed by atoms with Crippen molar-refractivity contribution in [3.8, 4) is 5.75 Å². The van der Waals surface area contributed by atoms with Gasteiger partial charge in [-0.15, -0.1) is 0 Å². The van der Waals surface area contributed by atoms with Crippen LogP contribution in [0.4, 0.5) is 5.69 Å². The molecule has 0 saturated heterocycles. The first-order chi connectivity index (χ1) is 15.7. The number of carbonyl (C=O) groups is 1. The van der Waals surface area contributed by atoms with Crippen LogP contribution >= 0.6 is 23.2 Å². The molecule has 2 N–H and O–H groups in total.